The Morgan fingerprint density at radius 2 is 1.83 bits per heavy atom. The molecule has 182 valence electrons. The Kier molecular flexibility index (Phi) is 9.18. The van der Waals surface area contributed by atoms with Gasteiger partial charge in [-0.3, -0.25) is 13.9 Å². The van der Waals surface area contributed by atoms with E-state index in [1.54, 1.807) is 18.2 Å². The van der Waals surface area contributed by atoms with Crippen LogP contribution in [-0.2, 0) is 19.5 Å². The van der Waals surface area contributed by atoms with Gasteiger partial charge in [-0.1, -0.05) is 91.9 Å². The average Bonchev–Trinajstić information content (AvgIpc) is 3.35. The minimum atomic E-state index is -0.524. The molecule has 0 amide bonds. The van der Waals surface area contributed by atoms with Gasteiger partial charge in [0, 0.05) is 12.1 Å². The highest BCUT2D eigenvalue weighted by molar-refractivity contribution is 5.68. The van der Waals surface area contributed by atoms with Crippen molar-refractivity contribution in [2.75, 3.05) is 6.61 Å². The van der Waals surface area contributed by atoms with Gasteiger partial charge in [-0.2, -0.15) is 0 Å². The summed E-state index contributed by atoms with van der Waals surface area (Å²) >= 11 is 0. The van der Waals surface area contributed by atoms with E-state index in [1.165, 1.54) is 26.8 Å². The normalized spacial score (nSPS) is 12.6. The molecule has 1 aliphatic rings. The quantitative estimate of drug-likeness (QED) is 0.423. The zero-order valence-electron chi connectivity index (χ0n) is 20.2. The van der Waals surface area contributed by atoms with E-state index in [0.717, 1.165) is 12.0 Å². The molecule has 3 aromatic rings. The fourth-order valence-corrected chi connectivity index (χ4v) is 3.85. The average molecular weight is 475 g/mol. The van der Waals surface area contributed by atoms with Crippen molar-refractivity contribution < 1.29 is 9.13 Å². The summed E-state index contributed by atoms with van der Waals surface area (Å²) in [6.07, 6.45) is 9.60. The maximum atomic E-state index is 14.3. The van der Waals surface area contributed by atoms with Gasteiger partial charge >= 0.3 is 5.69 Å². The number of allylic oxidation sites excluding steroid dienone is 5. The standard InChI is InChI=1S/C20H17FN2O3.C9H14/c21-16-9-5-4-8-15(16)17-18(24)22(11-10-14-6-2-1-3-7-14)20(25)23-12-13-26-19(17)23;1-4-6-8-9(3)7-5-2/h1-9H,10-13H2;4,6-8H,1,5H2,2-3H3/b;8-6-,9-7-. The predicted molar refractivity (Wildman–Crippen MR) is 139 cm³/mol. The third-order valence-electron chi connectivity index (χ3n) is 5.56. The number of nitrogens with zero attached hydrogens (tertiary/aromatic N) is 2. The SMILES string of the molecule is C=C/C=C\C(C)=C/CC.O=c1c(-c2ccccc2F)c2n(c(=O)n1CCc1ccccc1)CCO2. The van der Waals surface area contributed by atoms with Crippen LogP contribution in [0.3, 0.4) is 0 Å². The van der Waals surface area contributed by atoms with Crippen molar-refractivity contribution in [3.63, 3.8) is 0 Å². The maximum absolute atomic E-state index is 14.3. The van der Waals surface area contributed by atoms with Crippen LogP contribution < -0.4 is 16.0 Å². The second-order valence-corrected chi connectivity index (χ2v) is 8.09. The monoisotopic (exact) mass is 474 g/mol. The van der Waals surface area contributed by atoms with Crippen molar-refractivity contribution in [3.8, 4) is 17.0 Å². The molecule has 6 heteroatoms. The Morgan fingerprint density at radius 1 is 1.11 bits per heavy atom. The van der Waals surface area contributed by atoms with Gasteiger partial charge in [0.15, 0.2) is 0 Å². The van der Waals surface area contributed by atoms with Crippen molar-refractivity contribution >= 4 is 0 Å². The molecule has 5 nitrogen and oxygen atoms in total. The molecule has 35 heavy (non-hydrogen) atoms. The first-order valence-corrected chi connectivity index (χ1v) is 11.7. The van der Waals surface area contributed by atoms with Crippen molar-refractivity contribution in [2.24, 2.45) is 0 Å². The number of aromatic nitrogens is 2. The molecule has 0 bridgehead atoms. The molecule has 4 rings (SSSR count). The van der Waals surface area contributed by atoms with Crippen LogP contribution in [0.1, 0.15) is 25.8 Å². The zero-order chi connectivity index (χ0) is 25.2. The lowest BCUT2D eigenvalue weighted by Gasteiger charge is -2.13. The third-order valence-corrected chi connectivity index (χ3v) is 5.56. The minimum Gasteiger partial charge on any atom is -0.476 e. The number of fused-ring (bicyclic) bond motifs is 1. The lowest BCUT2D eigenvalue weighted by molar-refractivity contribution is 0.357. The summed E-state index contributed by atoms with van der Waals surface area (Å²) in [5, 5.41) is 0. The summed E-state index contributed by atoms with van der Waals surface area (Å²) in [6, 6.07) is 15.6. The first-order chi connectivity index (χ1) is 17.0. The molecule has 0 spiro atoms. The molecule has 2 heterocycles. The first kappa shape index (κ1) is 25.7. The van der Waals surface area contributed by atoms with E-state index in [9.17, 15) is 14.0 Å². The van der Waals surface area contributed by atoms with Gasteiger partial charge < -0.3 is 4.74 Å². The van der Waals surface area contributed by atoms with Crippen LogP contribution in [0.5, 0.6) is 5.88 Å². The van der Waals surface area contributed by atoms with Crippen LogP contribution in [0.2, 0.25) is 0 Å². The third kappa shape index (κ3) is 6.35. The van der Waals surface area contributed by atoms with Crippen LogP contribution in [-0.4, -0.2) is 15.7 Å². The van der Waals surface area contributed by atoms with Gasteiger partial charge in [-0.05, 0) is 31.4 Å². The first-order valence-electron chi connectivity index (χ1n) is 11.7. The summed E-state index contributed by atoms with van der Waals surface area (Å²) in [5.74, 6) is -0.364. The minimum absolute atomic E-state index is 0.105. The number of hydrogen-bond donors (Lipinski definition) is 0. The summed E-state index contributed by atoms with van der Waals surface area (Å²) < 4.78 is 22.4. The molecule has 0 N–H and O–H groups in total. The fraction of sp³-hybridized carbons (Fsp3) is 0.241. The Balaban J connectivity index is 0.000000327. The predicted octanol–water partition coefficient (Wildman–Crippen LogP) is 5.54. The van der Waals surface area contributed by atoms with Gasteiger partial charge in [-0.25, -0.2) is 9.18 Å². The highest BCUT2D eigenvalue weighted by atomic mass is 19.1. The van der Waals surface area contributed by atoms with Crippen molar-refractivity contribution in [3.05, 3.63) is 123 Å². The highest BCUT2D eigenvalue weighted by Crippen LogP contribution is 2.29. The summed E-state index contributed by atoms with van der Waals surface area (Å²) in [7, 11) is 0. The van der Waals surface area contributed by atoms with Crippen molar-refractivity contribution in [1.82, 2.24) is 9.13 Å². The van der Waals surface area contributed by atoms with Crippen LogP contribution in [0, 0.1) is 5.82 Å². The van der Waals surface area contributed by atoms with Crippen molar-refractivity contribution in [2.45, 2.75) is 39.8 Å². The number of rotatable bonds is 7. The van der Waals surface area contributed by atoms with Gasteiger partial charge in [0.2, 0.25) is 5.88 Å². The Bertz CT molecular complexity index is 1330. The molecule has 1 aromatic heterocycles. The van der Waals surface area contributed by atoms with Gasteiger partial charge in [0.25, 0.3) is 5.56 Å². The van der Waals surface area contributed by atoms with E-state index in [2.05, 4.69) is 32.6 Å². The van der Waals surface area contributed by atoms with E-state index in [1.807, 2.05) is 36.4 Å². The lowest BCUT2D eigenvalue weighted by Crippen LogP contribution is -2.40. The van der Waals surface area contributed by atoms with Crippen LogP contribution in [0.4, 0.5) is 4.39 Å². The molecule has 2 aromatic carbocycles. The molecule has 0 saturated heterocycles. The second-order valence-electron chi connectivity index (χ2n) is 8.09. The summed E-state index contributed by atoms with van der Waals surface area (Å²) in [4.78, 5) is 25.7. The van der Waals surface area contributed by atoms with Crippen molar-refractivity contribution in [1.29, 1.82) is 0 Å². The van der Waals surface area contributed by atoms with E-state index in [0.29, 0.717) is 19.6 Å². The van der Waals surface area contributed by atoms with E-state index in [-0.39, 0.29) is 23.6 Å². The number of ether oxygens (including phenoxy) is 1. The summed E-state index contributed by atoms with van der Waals surface area (Å²) in [5.41, 5.74) is 1.64. The molecule has 1 aliphatic heterocycles. The zero-order valence-corrected chi connectivity index (χ0v) is 20.2. The summed E-state index contributed by atoms with van der Waals surface area (Å²) in [6.45, 7) is 8.66. The largest absolute Gasteiger partial charge is 0.476 e. The van der Waals surface area contributed by atoms with Crippen LogP contribution in [0.25, 0.3) is 11.1 Å². The smallest absolute Gasteiger partial charge is 0.333 e. The molecule has 0 fully saturated rings. The van der Waals surface area contributed by atoms with Gasteiger partial charge in [-0.15, -0.1) is 0 Å². The van der Waals surface area contributed by atoms with Gasteiger partial charge in [0.1, 0.15) is 18.0 Å². The van der Waals surface area contributed by atoms with E-state index < -0.39 is 17.1 Å². The molecule has 0 saturated carbocycles. The molecular weight excluding hydrogens is 443 g/mol. The number of benzene rings is 2. The van der Waals surface area contributed by atoms with Gasteiger partial charge in [0.05, 0.1) is 6.54 Å². The fourth-order valence-electron chi connectivity index (χ4n) is 3.85. The lowest BCUT2D eigenvalue weighted by atomic mass is 10.1. The molecular formula is C29H31FN2O3. The molecule has 0 atom stereocenters. The van der Waals surface area contributed by atoms with E-state index >= 15 is 0 Å². The Labute approximate surface area is 205 Å². The number of hydrogen-bond acceptors (Lipinski definition) is 3. The maximum Gasteiger partial charge on any atom is 0.333 e. The number of halogens is 1. The van der Waals surface area contributed by atoms with Crippen LogP contribution in [0.15, 0.2) is 101 Å². The molecule has 0 aliphatic carbocycles. The molecule has 0 unspecified atom stereocenters. The Hall–Kier alpha value is -3.93. The topological polar surface area (TPSA) is 53.2 Å². The highest BCUT2D eigenvalue weighted by Gasteiger charge is 2.26. The Morgan fingerprint density at radius 3 is 2.51 bits per heavy atom. The molecule has 0 radical (unpaired) electrons. The van der Waals surface area contributed by atoms with Crippen LogP contribution >= 0.6 is 0 Å². The van der Waals surface area contributed by atoms with E-state index in [4.69, 9.17) is 4.74 Å². The number of aryl methyl sites for hydroxylation is 1. The second kappa shape index (κ2) is 12.5.